The number of carbonyl (C=O) groups is 1. The Hall–Kier alpha value is -2.83. The number of carbonyl (C=O) groups excluding carboxylic acids is 1. The molecule has 1 heterocycles. The quantitative estimate of drug-likeness (QED) is 0.338. The van der Waals surface area contributed by atoms with E-state index in [4.69, 9.17) is 27.7 Å². The number of amides is 2. The smallest absolute Gasteiger partial charge is 0.339 e. The number of nitrogens with zero attached hydrogens (tertiary/aromatic N) is 2. The first-order valence-electron chi connectivity index (χ1n) is 9.71. The Kier molecular flexibility index (Phi) is 6.72. The van der Waals surface area contributed by atoms with Crippen LogP contribution in [-0.4, -0.2) is 17.4 Å². The molecule has 31 heavy (non-hydrogen) atoms. The lowest BCUT2D eigenvalue weighted by molar-refractivity contribution is 0.252. The van der Waals surface area contributed by atoms with Gasteiger partial charge in [-0.25, -0.2) is 10.2 Å². The summed E-state index contributed by atoms with van der Waals surface area (Å²) in [6, 6.07) is 4.57. The molecule has 162 valence electrons. The molecule has 0 aliphatic rings. The van der Waals surface area contributed by atoms with E-state index in [0.717, 1.165) is 16.7 Å². The van der Waals surface area contributed by atoms with Gasteiger partial charge in [-0.2, -0.15) is 5.10 Å². The van der Waals surface area contributed by atoms with Gasteiger partial charge in [0.05, 0.1) is 16.3 Å². The zero-order valence-corrected chi connectivity index (χ0v) is 19.8. The van der Waals surface area contributed by atoms with Gasteiger partial charge >= 0.3 is 6.03 Å². The molecule has 0 saturated heterocycles. The Morgan fingerprint density at radius 3 is 2.10 bits per heavy atom. The van der Waals surface area contributed by atoms with Crippen LogP contribution in [0.5, 0.6) is 0 Å². The lowest BCUT2D eigenvalue weighted by Gasteiger charge is -2.15. The first kappa shape index (κ1) is 22.8. The molecule has 0 aliphatic carbocycles. The van der Waals surface area contributed by atoms with Crippen LogP contribution in [-0.2, 0) is 0 Å². The summed E-state index contributed by atoms with van der Waals surface area (Å²) in [5.74, 6) is 0.418. The zero-order chi connectivity index (χ0) is 22.9. The minimum atomic E-state index is -0.539. The van der Waals surface area contributed by atoms with Crippen LogP contribution < -0.4 is 10.7 Å². The van der Waals surface area contributed by atoms with Gasteiger partial charge in [-0.3, -0.25) is 0 Å². The van der Waals surface area contributed by atoms with E-state index in [9.17, 15) is 4.79 Å². The minimum absolute atomic E-state index is 0.351. The monoisotopic (exact) mass is 458 g/mol. The minimum Gasteiger partial charge on any atom is -0.359 e. The van der Waals surface area contributed by atoms with Crippen molar-refractivity contribution in [1.29, 1.82) is 0 Å². The van der Waals surface area contributed by atoms with Crippen LogP contribution in [0.2, 0.25) is 10.0 Å². The van der Waals surface area contributed by atoms with Crippen molar-refractivity contribution in [2.75, 3.05) is 5.32 Å². The number of hydrazone groups is 1. The van der Waals surface area contributed by atoms with Gasteiger partial charge in [0.2, 0.25) is 0 Å². The number of aromatic nitrogens is 1. The number of aryl methyl sites for hydroxylation is 1. The zero-order valence-electron chi connectivity index (χ0n) is 18.3. The summed E-state index contributed by atoms with van der Waals surface area (Å²) in [7, 11) is 0. The van der Waals surface area contributed by atoms with Crippen molar-refractivity contribution in [3.8, 4) is 11.3 Å². The van der Waals surface area contributed by atoms with E-state index in [1.165, 1.54) is 16.7 Å². The predicted molar refractivity (Wildman–Crippen MR) is 127 cm³/mol. The molecule has 3 rings (SSSR count). The van der Waals surface area contributed by atoms with Gasteiger partial charge in [-0.1, -0.05) is 34.4 Å². The van der Waals surface area contributed by atoms with Gasteiger partial charge < -0.3 is 9.84 Å². The molecule has 3 aromatic rings. The summed E-state index contributed by atoms with van der Waals surface area (Å²) >= 11 is 12.6. The molecule has 0 atom stereocenters. The average Bonchev–Trinajstić information content (AvgIpc) is 3.07. The van der Waals surface area contributed by atoms with E-state index >= 15 is 0 Å². The molecule has 8 heteroatoms. The molecule has 0 bridgehead atoms. The lowest BCUT2D eigenvalue weighted by atomic mass is 9.90. The van der Waals surface area contributed by atoms with Gasteiger partial charge in [-0.15, -0.1) is 0 Å². The highest BCUT2D eigenvalue weighted by molar-refractivity contribution is 6.39. The maximum atomic E-state index is 12.5. The van der Waals surface area contributed by atoms with Crippen molar-refractivity contribution in [3.63, 3.8) is 0 Å². The largest absolute Gasteiger partial charge is 0.359 e. The molecule has 0 saturated carbocycles. The van der Waals surface area contributed by atoms with Crippen molar-refractivity contribution in [3.05, 3.63) is 67.4 Å². The van der Waals surface area contributed by atoms with E-state index in [0.29, 0.717) is 32.8 Å². The number of halogens is 2. The highest BCUT2D eigenvalue weighted by atomic mass is 35.5. The maximum Gasteiger partial charge on any atom is 0.339 e. The normalized spacial score (nSPS) is 11.2. The van der Waals surface area contributed by atoms with Crippen molar-refractivity contribution in [1.82, 2.24) is 10.6 Å². The molecule has 1 aromatic heterocycles. The number of anilines is 1. The van der Waals surface area contributed by atoms with E-state index in [2.05, 4.69) is 55.6 Å². The topological polar surface area (TPSA) is 79.5 Å². The number of hydrogen-bond acceptors (Lipinski definition) is 4. The van der Waals surface area contributed by atoms with Crippen LogP contribution in [0.25, 0.3) is 11.3 Å². The molecule has 6 nitrogen and oxygen atoms in total. The van der Waals surface area contributed by atoms with E-state index in [1.807, 2.05) is 0 Å². The van der Waals surface area contributed by atoms with Gasteiger partial charge in [-0.05, 0) is 81.5 Å². The number of urea groups is 1. The second-order valence-electron chi connectivity index (χ2n) is 7.42. The van der Waals surface area contributed by atoms with Gasteiger partial charge in [0.1, 0.15) is 11.4 Å². The van der Waals surface area contributed by atoms with Crippen LogP contribution >= 0.6 is 23.2 Å². The molecule has 0 radical (unpaired) electrons. The summed E-state index contributed by atoms with van der Waals surface area (Å²) < 4.78 is 5.26. The van der Waals surface area contributed by atoms with E-state index < -0.39 is 6.03 Å². The summed E-state index contributed by atoms with van der Waals surface area (Å²) in [6.07, 6.45) is 1.66. The van der Waals surface area contributed by atoms with Crippen molar-refractivity contribution in [2.24, 2.45) is 5.10 Å². The molecule has 2 N–H and O–H groups in total. The van der Waals surface area contributed by atoms with Crippen molar-refractivity contribution < 1.29 is 9.32 Å². The van der Waals surface area contributed by atoms with E-state index in [1.54, 1.807) is 31.3 Å². The molecule has 0 unspecified atom stereocenters. The third-order valence-electron chi connectivity index (χ3n) is 5.72. The summed E-state index contributed by atoms with van der Waals surface area (Å²) in [4.78, 5) is 12.5. The predicted octanol–water partition coefficient (Wildman–Crippen LogP) is 6.65. The molecule has 2 amide bonds. The van der Waals surface area contributed by atoms with Crippen LogP contribution in [0.3, 0.4) is 0 Å². The van der Waals surface area contributed by atoms with Crippen LogP contribution in [0.4, 0.5) is 10.5 Å². The summed E-state index contributed by atoms with van der Waals surface area (Å²) in [5, 5.41) is 11.7. The highest BCUT2D eigenvalue weighted by Gasteiger charge is 2.21. The Balaban J connectivity index is 1.82. The van der Waals surface area contributed by atoms with Gasteiger partial charge in [0.15, 0.2) is 5.76 Å². The van der Waals surface area contributed by atoms with Crippen LogP contribution in [0.15, 0.2) is 27.8 Å². The second kappa shape index (κ2) is 9.12. The first-order chi connectivity index (χ1) is 14.6. The SMILES string of the molecule is Cc1onc(-c2c(Cl)cccc2Cl)c1NC(=O)N/N=C/c1c(C)c(C)c(C)c(C)c1C. The van der Waals surface area contributed by atoms with E-state index in [-0.39, 0.29) is 0 Å². The Morgan fingerprint density at radius 1 is 0.968 bits per heavy atom. The fourth-order valence-corrected chi connectivity index (χ4v) is 4.01. The summed E-state index contributed by atoms with van der Waals surface area (Å²) in [5.41, 5.74) is 10.7. The molecule has 0 fully saturated rings. The highest BCUT2D eigenvalue weighted by Crippen LogP contribution is 2.39. The molecule has 2 aromatic carbocycles. The summed E-state index contributed by atoms with van der Waals surface area (Å²) in [6.45, 7) is 12.1. The third kappa shape index (κ3) is 4.45. The van der Waals surface area contributed by atoms with Crippen LogP contribution in [0.1, 0.15) is 39.1 Å². The van der Waals surface area contributed by atoms with Crippen molar-refractivity contribution in [2.45, 2.75) is 41.5 Å². The number of hydrogen-bond donors (Lipinski definition) is 2. The maximum absolute atomic E-state index is 12.5. The Labute approximate surface area is 191 Å². The molecular formula is C23H24Cl2N4O2. The Morgan fingerprint density at radius 2 is 1.52 bits per heavy atom. The molecule has 0 aliphatic heterocycles. The average molecular weight is 459 g/mol. The fourth-order valence-electron chi connectivity index (χ4n) is 3.43. The number of rotatable bonds is 4. The second-order valence-corrected chi connectivity index (χ2v) is 8.24. The standard InChI is InChI=1S/C23H24Cl2N4O2/c1-11-12(2)14(4)17(15(5)13(11)3)10-26-28-23(30)27-21-16(6)31-29-22(21)20-18(24)8-7-9-19(20)25/h7-10H,1-6H3,(H2,27,28,30)/b26-10+. The number of benzene rings is 2. The van der Waals surface area contributed by atoms with Crippen molar-refractivity contribution >= 4 is 41.1 Å². The Bertz CT molecular complexity index is 1150. The first-order valence-corrected chi connectivity index (χ1v) is 10.5. The third-order valence-corrected chi connectivity index (χ3v) is 6.35. The molecular weight excluding hydrogens is 435 g/mol. The number of nitrogens with one attached hydrogen (secondary N) is 2. The molecule has 0 spiro atoms. The fraction of sp³-hybridized carbons (Fsp3) is 0.261. The van der Waals surface area contributed by atoms with Gasteiger partial charge in [0.25, 0.3) is 0 Å². The van der Waals surface area contributed by atoms with Gasteiger partial charge in [0, 0.05) is 11.1 Å². The lowest BCUT2D eigenvalue weighted by Crippen LogP contribution is -2.24. The van der Waals surface area contributed by atoms with Crippen LogP contribution in [0, 0.1) is 41.5 Å².